The van der Waals surface area contributed by atoms with E-state index < -0.39 is 0 Å². The third kappa shape index (κ3) is 14.0. The lowest BCUT2D eigenvalue weighted by Gasteiger charge is -2.05. The second-order valence-corrected chi connectivity index (χ2v) is 7.40. The van der Waals surface area contributed by atoms with Crippen molar-refractivity contribution in [1.82, 2.24) is 5.32 Å². The standard InChI is InChI=1S/C23H40FN/c1-2-3-4-5-6-7-8-9-10-11-12-13-14-15-20-25-21-22-16-18-23(24)19-17-22/h16-19,25H,2-15,20-21H2,1H3. The Bertz CT molecular complexity index is 388. The molecule has 0 heterocycles. The van der Waals surface area contributed by atoms with Crippen molar-refractivity contribution in [3.63, 3.8) is 0 Å². The van der Waals surface area contributed by atoms with Gasteiger partial charge in [0.05, 0.1) is 0 Å². The van der Waals surface area contributed by atoms with E-state index >= 15 is 0 Å². The molecule has 0 saturated carbocycles. The van der Waals surface area contributed by atoms with Gasteiger partial charge in [0.2, 0.25) is 0 Å². The predicted octanol–water partition coefficient (Wildman–Crippen LogP) is 7.40. The molecule has 0 amide bonds. The Labute approximate surface area is 155 Å². The lowest BCUT2D eigenvalue weighted by molar-refractivity contribution is 0.529. The fourth-order valence-electron chi connectivity index (χ4n) is 3.28. The van der Waals surface area contributed by atoms with E-state index in [-0.39, 0.29) is 5.82 Å². The van der Waals surface area contributed by atoms with Gasteiger partial charge in [0.1, 0.15) is 5.82 Å². The summed E-state index contributed by atoms with van der Waals surface area (Å²) in [6.07, 6.45) is 19.6. The van der Waals surface area contributed by atoms with Crippen molar-refractivity contribution in [2.75, 3.05) is 6.54 Å². The van der Waals surface area contributed by atoms with Crippen LogP contribution in [0.25, 0.3) is 0 Å². The number of benzene rings is 1. The first-order chi connectivity index (χ1) is 12.3. The SMILES string of the molecule is CCCCCCCCCCCCCCCCNCc1ccc(F)cc1. The summed E-state index contributed by atoms with van der Waals surface area (Å²) in [5, 5.41) is 3.44. The van der Waals surface area contributed by atoms with Crippen molar-refractivity contribution in [2.24, 2.45) is 0 Å². The Morgan fingerprint density at radius 1 is 0.640 bits per heavy atom. The maximum atomic E-state index is 12.8. The molecule has 0 unspecified atom stereocenters. The molecule has 1 rings (SSSR count). The molecular formula is C23H40FN. The maximum absolute atomic E-state index is 12.8. The average Bonchev–Trinajstić information content (AvgIpc) is 2.63. The molecule has 1 aromatic carbocycles. The fourth-order valence-corrected chi connectivity index (χ4v) is 3.28. The number of rotatable bonds is 17. The lowest BCUT2D eigenvalue weighted by atomic mass is 10.0. The van der Waals surface area contributed by atoms with Crippen molar-refractivity contribution in [3.8, 4) is 0 Å². The zero-order valence-corrected chi connectivity index (χ0v) is 16.5. The third-order valence-corrected chi connectivity index (χ3v) is 4.95. The molecule has 0 radical (unpaired) electrons. The van der Waals surface area contributed by atoms with Gasteiger partial charge < -0.3 is 5.32 Å². The van der Waals surface area contributed by atoms with Crippen LogP contribution in [-0.4, -0.2) is 6.54 Å². The molecule has 0 aromatic heterocycles. The van der Waals surface area contributed by atoms with Gasteiger partial charge in [-0.15, -0.1) is 0 Å². The molecule has 0 aliphatic carbocycles. The van der Waals surface area contributed by atoms with E-state index in [2.05, 4.69) is 12.2 Å². The van der Waals surface area contributed by atoms with Gasteiger partial charge in [-0.05, 0) is 30.7 Å². The normalized spacial score (nSPS) is 11.1. The van der Waals surface area contributed by atoms with Gasteiger partial charge in [-0.2, -0.15) is 0 Å². The second-order valence-electron chi connectivity index (χ2n) is 7.40. The van der Waals surface area contributed by atoms with E-state index in [4.69, 9.17) is 0 Å². The van der Waals surface area contributed by atoms with Crippen LogP contribution in [0, 0.1) is 5.82 Å². The number of hydrogen-bond donors (Lipinski definition) is 1. The van der Waals surface area contributed by atoms with E-state index in [1.807, 2.05) is 12.1 Å². The van der Waals surface area contributed by atoms with Crippen LogP contribution in [0.15, 0.2) is 24.3 Å². The highest BCUT2D eigenvalue weighted by atomic mass is 19.1. The van der Waals surface area contributed by atoms with Gasteiger partial charge >= 0.3 is 0 Å². The van der Waals surface area contributed by atoms with Crippen LogP contribution in [0.1, 0.15) is 102 Å². The molecule has 0 spiro atoms. The van der Waals surface area contributed by atoms with Crippen LogP contribution < -0.4 is 5.32 Å². The van der Waals surface area contributed by atoms with Crippen LogP contribution in [-0.2, 0) is 6.54 Å². The quantitative estimate of drug-likeness (QED) is 0.289. The number of unbranched alkanes of at least 4 members (excludes halogenated alkanes) is 13. The zero-order chi connectivity index (χ0) is 18.0. The molecule has 0 bridgehead atoms. The molecule has 1 nitrogen and oxygen atoms in total. The number of nitrogens with one attached hydrogen (secondary N) is 1. The molecule has 144 valence electrons. The Morgan fingerprint density at radius 3 is 1.56 bits per heavy atom. The van der Waals surface area contributed by atoms with Crippen LogP contribution in [0.3, 0.4) is 0 Å². The molecule has 0 atom stereocenters. The van der Waals surface area contributed by atoms with Crippen LogP contribution in [0.5, 0.6) is 0 Å². The van der Waals surface area contributed by atoms with E-state index in [0.717, 1.165) is 18.7 Å². The Kier molecular flexibility index (Phi) is 14.7. The van der Waals surface area contributed by atoms with Gasteiger partial charge in [0.15, 0.2) is 0 Å². The predicted molar refractivity (Wildman–Crippen MR) is 108 cm³/mol. The molecule has 0 aliphatic rings. The number of hydrogen-bond acceptors (Lipinski definition) is 1. The lowest BCUT2D eigenvalue weighted by Crippen LogP contribution is -2.14. The highest BCUT2D eigenvalue weighted by molar-refractivity contribution is 5.15. The van der Waals surface area contributed by atoms with Crippen LogP contribution in [0.4, 0.5) is 4.39 Å². The number of halogens is 1. The molecule has 0 saturated heterocycles. The summed E-state index contributed by atoms with van der Waals surface area (Å²) in [4.78, 5) is 0. The van der Waals surface area contributed by atoms with Gasteiger partial charge in [-0.25, -0.2) is 4.39 Å². The zero-order valence-electron chi connectivity index (χ0n) is 16.5. The van der Waals surface area contributed by atoms with Crippen molar-refractivity contribution >= 4 is 0 Å². The van der Waals surface area contributed by atoms with Crippen molar-refractivity contribution < 1.29 is 4.39 Å². The van der Waals surface area contributed by atoms with Crippen LogP contribution in [0.2, 0.25) is 0 Å². The minimum Gasteiger partial charge on any atom is -0.313 e. The van der Waals surface area contributed by atoms with Crippen molar-refractivity contribution in [3.05, 3.63) is 35.6 Å². The van der Waals surface area contributed by atoms with Gasteiger partial charge in [-0.3, -0.25) is 0 Å². The molecule has 0 aliphatic heterocycles. The Morgan fingerprint density at radius 2 is 1.08 bits per heavy atom. The molecule has 1 aromatic rings. The topological polar surface area (TPSA) is 12.0 Å². The van der Waals surface area contributed by atoms with Gasteiger partial charge in [0.25, 0.3) is 0 Å². The van der Waals surface area contributed by atoms with Crippen molar-refractivity contribution in [1.29, 1.82) is 0 Å². The van der Waals surface area contributed by atoms with E-state index in [0.29, 0.717) is 0 Å². The summed E-state index contributed by atoms with van der Waals surface area (Å²) in [6, 6.07) is 6.77. The van der Waals surface area contributed by atoms with Crippen LogP contribution >= 0.6 is 0 Å². The largest absolute Gasteiger partial charge is 0.313 e. The van der Waals surface area contributed by atoms with E-state index in [9.17, 15) is 4.39 Å². The van der Waals surface area contributed by atoms with Crippen molar-refractivity contribution in [2.45, 2.75) is 103 Å². The van der Waals surface area contributed by atoms with Gasteiger partial charge in [-0.1, -0.05) is 103 Å². The third-order valence-electron chi connectivity index (χ3n) is 4.95. The van der Waals surface area contributed by atoms with E-state index in [1.165, 1.54) is 102 Å². The summed E-state index contributed by atoms with van der Waals surface area (Å²) in [7, 11) is 0. The molecule has 1 N–H and O–H groups in total. The minimum atomic E-state index is -0.157. The first-order valence-electron chi connectivity index (χ1n) is 10.8. The first-order valence-corrected chi connectivity index (χ1v) is 10.8. The highest BCUT2D eigenvalue weighted by Crippen LogP contribution is 2.12. The van der Waals surface area contributed by atoms with Gasteiger partial charge in [0, 0.05) is 6.54 Å². The summed E-state index contributed by atoms with van der Waals surface area (Å²) in [5.41, 5.74) is 1.16. The second kappa shape index (κ2) is 16.6. The summed E-state index contributed by atoms with van der Waals surface area (Å²) >= 11 is 0. The molecule has 25 heavy (non-hydrogen) atoms. The molecule has 0 fully saturated rings. The Hall–Kier alpha value is -0.890. The van der Waals surface area contributed by atoms with E-state index in [1.54, 1.807) is 0 Å². The summed E-state index contributed by atoms with van der Waals surface area (Å²) in [6.45, 7) is 4.19. The average molecular weight is 350 g/mol. The Balaban J connectivity index is 1.74. The highest BCUT2D eigenvalue weighted by Gasteiger charge is 1.95. The minimum absolute atomic E-state index is 0.157. The fraction of sp³-hybridized carbons (Fsp3) is 0.739. The monoisotopic (exact) mass is 349 g/mol. The first kappa shape index (κ1) is 22.2. The summed E-state index contributed by atoms with van der Waals surface area (Å²) < 4.78 is 12.8. The molecule has 2 heteroatoms. The summed E-state index contributed by atoms with van der Waals surface area (Å²) in [5.74, 6) is -0.157. The molecular weight excluding hydrogens is 309 g/mol. The maximum Gasteiger partial charge on any atom is 0.123 e. The smallest absolute Gasteiger partial charge is 0.123 e.